The van der Waals surface area contributed by atoms with Crippen LogP contribution >= 0.6 is 0 Å². The molecule has 1 heterocycles. The monoisotopic (exact) mass is 280 g/mol. The summed E-state index contributed by atoms with van der Waals surface area (Å²) >= 11 is 0. The van der Waals surface area contributed by atoms with Crippen molar-refractivity contribution in [1.82, 2.24) is 10.2 Å². The molecule has 1 unspecified atom stereocenters. The van der Waals surface area contributed by atoms with Crippen LogP contribution in [-0.4, -0.2) is 36.5 Å². The van der Waals surface area contributed by atoms with Gasteiger partial charge < -0.3 is 10.2 Å². The van der Waals surface area contributed by atoms with Crippen LogP contribution in [0.15, 0.2) is 0 Å². The number of carbonyl (C=O) groups excluding carboxylic acids is 1. The van der Waals surface area contributed by atoms with E-state index in [2.05, 4.69) is 24.1 Å². The van der Waals surface area contributed by atoms with Gasteiger partial charge in [-0.1, -0.05) is 46.0 Å². The molecule has 3 heteroatoms. The Labute approximate surface area is 124 Å². The Kier molecular flexibility index (Phi) is 6.34. The van der Waals surface area contributed by atoms with E-state index in [-0.39, 0.29) is 0 Å². The summed E-state index contributed by atoms with van der Waals surface area (Å²) in [7, 11) is 0. The Morgan fingerprint density at radius 3 is 2.65 bits per heavy atom. The van der Waals surface area contributed by atoms with E-state index in [4.69, 9.17) is 0 Å². The van der Waals surface area contributed by atoms with Gasteiger partial charge in [0.2, 0.25) is 5.91 Å². The number of hydrogen-bond acceptors (Lipinski definition) is 2. The molecule has 1 amide bonds. The van der Waals surface area contributed by atoms with Gasteiger partial charge in [-0.3, -0.25) is 4.79 Å². The van der Waals surface area contributed by atoms with Gasteiger partial charge in [0.05, 0.1) is 0 Å². The van der Waals surface area contributed by atoms with E-state index in [1.807, 2.05) is 0 Å². The molecule has 0 aromatic heterocycles. The average Bonchev–Trinajstić information content (AvgIpc) is 2.72. The van der Waals surface area contributed by atoms with E-state index in [0.717, 1.165) is 44.8 Å². The summed E-state index contributed by atoms with van der Waals surface area (Å²) in [4.78, 5) is 14.6. The number of carbonyl (C=O) groups is 1. The maximum absolute atomic E-state index is 12.5. The number of nitrogens with one attached hydrogen (secondary N) is 1. The van der Waals surface area contributed by atoms with Crippen molar-refractivity contribution in [2.45, 2.75) is 71.3 Å². The van der Waals surface area contributed by atoms with Crippen LogP contribution in [0.5, 0.6) is 0 Å². The molecule has 1 aliphatic carbocycles. The average molecular weight is 280 g/mol. The normalized spacial score (nSPS) is 25.8. The summed E-state index contributed by atoms with van der Waals surface area (Å²) in [6.07, 6.45) is 9.85. The Bertz CT molecular complexity index is 297. The summed E-state index contributed by atoms with van der Waals surface area (Å²) in [5.41, 5.74) is 0. The van der Waals surface area contributed by atoms with Crippen molar-refractivity contribution >= 4 is 5.91 Å². The first kappa shape index (κ1) is 15.8. The van der Waals surface area contributed by atoms with Crippen LogP contribution in [0.25, 0.3) is 0 Å². The minimum Gasteiger partial charge on any atom is -0.341 e. The second-order valence-corrected chi connectivity index (χ2v) is 7.04. The molecule has 0 aromatic carbocycles. The number of amides is 1. The molecule has 1 saturated carbocycles. The highest BCUT2D eigenvalue weighted by atomic mass is 16.2. The van der Waals surface area contributed by atoms with Crippen LogP contribution in [0, 0.1) is 11.8 Å². The lowest BCUT2D eigenvalue weighted by Gasteiger charge is -2.28. The van der Waals surface area contributed by atoms with Gasteiger partial charge in [0.1, 0.15) is 0 Å². The van der Waals surface area contributed by atoms with E-state index in [1.165, 1.54) is 32.1 Å². The van der Waals surface area contributed by atoms with Gasteiger partial charge in [0.15, 0.2) is 0 Å². The second kappa shape index (κ2) is 8.02. The fraction of sp³-hybridized carbons (Fsp3) is 0.941. The van der Waals surface area contributed by atoms with Crippen LogP contribution in [0.2, 0.25) is 0 Å². The topological polar surface area (TPSA) is 32.3 Å². The van der Waals surface area contributed by atoms with Crippen LogP contribution in [0.1, 0.15) is 65.2 Å². The molecule has 0 aromatic rings. The largest absolute Gasteiger partial charge is 0.341 e. The molecule has 2 fully saturated rings. The van der Waals surface area contributed by atoms with E-state index < -0.39 is 0 Å². The standard InChI is InChI=1S/C17H32N2O/c1-14(2)16-13-19(12-6-11-18-16)17(20)10-9-15-7-4-3-5-8-15/h14-16,18H,3-13H2,1-2H3. The minimum absolute atomic E-state index is 0.393. The molecule has 116 valence electrons. The fourth-order valence-corrected chi connectivity index (χ4v) is 3.59. The van der Waals surface area contributed by atoms with Gasteiger partial charge in [0, 0.05) is 25.6 Å². The van der Waals surface area contributed by atoms with Crippen molar-refractivity contribution in [2.75, 3.05) is 19.6 Å². The van der Waals surface area contributed by atoms with Crippen molar-refractivity contribution < 1.29 is 4.79 Å². The summed E-state index contributed by atoms with van der Waals surface area (Å²) in [6, 6.07) is 0.469. The molecule has 0 bridgehead atoms. The number of hydrogen-bond donors (Lipinski definition) is 1. The van der Waals surface area contributed by atoms with Crippen molar-refractivity contribution in [3.05, 3.63) is 0 Å². The summed E-state index contributed by atoms with van der Waals surface area (Å²) in [6.45, 7) is 7.39. The van der Waals surface area contributed by atoms with Gasteiger partial charge in [-0.15, -0.1) is 0 Å². The molecule has 0 spiro atoms. The van der Waals surface area contributed by atoms with Crippen molar-refractivity contribution in [1.29, 1.82) is 0 Å². The number of nitrogens with zero attached hydrogens (tertiary/aromatic N) is 1. The highest BCUT2D eigenvalue weighted by Crippen LogP contribution is 2.27. The summed E-state index contributed by atoms with van der Waals surface area (Å²) in [5.74, 6) is 1.81. The van der Waals surface area contributed by atoms with Crippen molar-refractivity contribution in [3.63, 3.8) is 0 Å². The summed E-state index contributed by atoms with van der Waals surface area (Å²) in [5, 5.41) is 3.58. The van der Waals surface area contributed by atoms with Gasteiger partial charge in [-0.2, -0.15) is 0 Å². The van der Waals surface area contributed by atoms with Crippen molar-refractivity contribution in [2.24, 2.45) is 11.8 Å². The van der Waals surface area contributed by atoms with Gasteiger partial charge in [-0.05, 0) is 31.2 Å². The third-order valence-corrected chi connectivity index (χ3v) is 5.08. The molecule has 3 nitrogen and oxygen atoms in total. The molecular weight excluding hydrogens is 248 g/mol. The summed E-state index contributed by atoms with van der Waals surface area (Å²) < 4.78 is 0. The molecular formula is C17H32N2O. The smallest absolute Gasteiger partial charge is 0.222 e. The predicted molar refractivity (Wildman–Crippen MR) is 83.6 cm³/mol. The lowest BCUT2D eigenvalue weighted by molar-refractivity contribution is -0.131. The zero-order valence-electron chi connectivity index (χ0n) is 13.4. The molecule has 20 heavy (non-hydrogen) atoms. The van der Waals surface area contributed by atoms with Gasteiger partial charge in [-0.25, -0.2) is 0 Å². The zero-order chi connectivity index (χ0) is 14.4. The van der Waals surface area contributed by atoms with Gasteiger partial charge in [0.25, 0.3) is 0 Å². The third kappa shape index (κ3) is 4.76. The lowest BCUT2D eigenvalue weighted by Crippen LogP contribution is -2.43. The van der Waals surface area contributed by atoms with E-state index in [1.54, 1.807) is 0 Å². The lowest BCUT2D eigenvalue weighted by atomic mass is 9.86. The van der Waals surface area contributed by atoms with Crippen LogP contribution in [-0.2, 0) is 4.79 Å². The molecule has 2 rings (SSSR count). The second-order valence-electron chi connectivity index (χ2n) is 7.04. The van der Waals surface area contributed by atoms with E-state index >= 15 is 0 Å². The maximum Gasteiger partial charge on any atom is 0.222 e. The predicted octanol–water partition coefficient (Wildman–Crippen LogP) is 3.19. The zero-order valence-corrected chi connectivity index (χ0v) is 13.4. The molecule has 0 radical (unpaired) electrons. The third-order valence-electron chi connectivity index (χ3n) is 5.08. The Morgan fingerprint density at radius 2 is 1.95 bits per heavy atom. The first-order valence-corrected chi connectivity index (χ1v) is 8.68. The first-order valence-electron chi connectivity index (χ1n) is 8.68. The Morgan fingerprint density at radius 1 is 1.20 bits per heavy atom. The maximum atomic E-state index is 12.5. The van der Waals surface area contributed by atoms with Gasteiger partial charge >= 0.3 is 0 Å². The SMILES string of the molecule is CC(C)C1CN(C(=O)CCC2CCCCC2)CCCN1. The highest BCUT2D eigenvalue weighted by molar-refractivity contribution is 5.76. The minimum atomic E-state index is 0.393. The van der Waals surface area contributed by atoms with Crippen molar-refractivity contribution in [3.8, 4) is 0 Å². The Balaban J connectivity index is 1.77. The molecule has 2 aliphatic rings. The molecule has 1 N–H and O–H groups in total. The number of rotatable bonds is 4. The quantitative estimate of drug-likeness (QED) is 0.857. The van der Waals surface area contributed by atoms with Crippen LogP contribution < -0.4 is 5.32 Å². The first-order chi connectivity index (χ1) is 9.66. The molecule has 1 saturated heterocycles. The molecule has 1 atom stereocenters. The highest BCUT2D eigenvalue weighted by Gasteiger charge is 2.24. The van der Waals surface area contributed by atoms with Crippen LogP contribution in [0.4, 0.5) is 0 Å². The fourth-order valence-electron chi connectivity index (χ4n) is 3.59. The molecule has 1 aliphatic heterocycles. The van der Waals surface area contributed by atoms with Crippen LogP contribution in [0.3, 0.4) is 0 Å². The van der Waals surface area contributed by atoms with E-state index in [0.29, 0.717) is 17.9 Å². The van der Waals surface area contributed by atoms with E-state index in [9.17, 15) is 4.79 Å². The Hall–Kier alpha value is -0.570.